The number of phenolic OH excluding ortho intramolecular Hbond substituents is 1. The first-order chi connectivity index (χ1) is 23.0. The van der Waals surface area contributed by atoms with Crippen LogP contribution in [0.15, 0.2) is 28.4 Å². The van der Waals surface area contributed by atoms with Crippen LogP contribution in [0.3, 0.4) is 0 Å². The predicted octanol–water partition coefficient (Wildman–Crippen LogP) is 6.81. The van der Waals surface area contributed by atoms with Gasteiger partial charge in [0.25, 0.3) is 11.6 Å². The zero-order valence-electron chi connectivity index (χ0n) is 30.7. The molecule has 0 unspecified atom stereocenters. The lowest BCUT2D eigenvalue weighted by molar-refractivity contribution is -0.182. The average molecular weight is 700 g/mol. The van der Waals surface area contributed by atoms with Gasteiger partial charge in [-0.3, -0.25) is 14.5 Å². The molecule has 2 heterocycles. The predicted molar refractivity (Wildman–Crippen MR) is 194 cm³/mol. The maximum atomic E-state index is 13.3. The third-order valence-electron chi connectivity index (χ3n) is 9.88. The SMILES string of the molecule is C1CCC(NC2CCCCC2)CC1.CO[C@@]1(N=Cc2cc(C(C)(C)C)c(O)c(C(C)(C)C)c2)C(=O)N2C(C(=O)O)=C(COC(C)=O)CS[C@H]21. The number of nitrogens with zero attached hydrogens (tertiary/aromatic N) is 2. The molecule has 49 heavy (non-hydrogen) atoms. The van der Waals surface area contributed by atoms with E-state index in [9.17, 15) is 24.6 Å². The molecule has 1 saturated heterocycles. The summed E-state index contributed by atoms with van der Waals surface area (Å²) < 4.78 is 10.6. The van der Waals surface area contributed by atoms with Gasteiger partial charge in [-0.1, -0.05) is 80.1 Å². The number of carbonyl (C=O) groups is 3. The number of esters is 1. The van der Waals surface area contributed by atoms with Gasteiger partial charge in [0.2, 0.25) is 0 Å². The van der Waals surface area contributed by atoms with E-state index in [4.69, 9.17) is 9.47 Å². The van der Waals surface area contributed by atoms with E-state index >= 15 is 0 Å². The molecule has 2 atom stereocenters. The van der Waals surface area contributed by atoms with Gasteiger partial charge in [-0.15, -0.1) is 11.8 Å². The number of aliphatic imine (C=N–C) groups is 1. The maximum Gasteiger partial charge on any atom is 0.352 e. The molecule has 5 rings (SSSR count). The standard InChI is InChI=1S/C26H34N2O7S.C12H23N/c1-14(29)35-12-16-13-36-23-26(34-8,22(33)28(23)19(16)21(31)32)27-11-15-9-17(24(2,3)4)20(30)18(10-15)25(5,6)7;1-3-7-11(8-4-1)13-12-9-5-2-6-10-12/h9-11,23,30H,12-13H2,1-8H3,(H,31,32);11-13H,1-10H2/t23-,26-;/m0./s1. The lowest BCUT2D eigenvalue weighted by Gasteiger charge is -2.53. The third kappa shape index (κ3) is 9.08. The number of carboxylic acid groups (broad SMARTS) is 1. The number of fused-ring (bicyclic) bond motifs is 1. The molecular formula is C38H57N3O7S. The van der Waals surface area contributed by atoms with Gasteiger partial charge in [0.15, 0.2) is 0 Å². The monoisotopic (exact) mass is 699 g/mol. The highest BCUT2D eigenvalue weighted by molar-refractivity contribution is 8.00. The Morgan fingerprint density at radius 1 is 0.980 bits per heavy atom. The van der Waals surface area contributed by atoms with Gasteiger partial charge in [0, 0.05) is 54.8 Å². The van der Waals surface area contributed by atoms with Gasteiger partial charge < -0.3 is 25.0 Å². The lowest BCUT2D eigenvalue weighted by atomic mass is 9.78. The Morgan fingerprint density at radius 3 is 1.92 bits per heavy atom. The molecule has 2 aliphatic heterocycles. The van der Waals surface area contributed by atoms with Gasteiger partial charge in [-0.2, -0.15) is 0 Å². The molecular weight excluding hydrogens is 642 g/mol. The van der Waals surface area contributed by atoms with Crippen LogP contribution in [0.2, 0.25) is 0 Å². The Morgan fingerprint density at radius 2 is 1.49 bits per heavy atom. The van der Waals surface area contributed by atoms with Crippen LogP contribution in [-0.2, 0) is 34.7 Å². The number of benzene rings is 1. The van der Waals surface area contributed by atoms with E-state index in [-0.39, 0.29) is 34.6 Å². The Kier molecular flexibility index (Phi) is 12.7. The van der Waals surface area contributed by atoms with Gasteiger partial charge in [-0.05, 0) is 54.2 Å². The number of carbonyl (C=O) groups excluding carboxylic acids is 2. The second-order valence-corrected chi connectivity index (χ2v) is 16.9. The maximum absolute atomic E-state index is 13.3. The first kappa shape index (κ1) is 38.9. The smallest absolute Gasteiger partial charge is 0.352 e. The number of amides is 1. The average Bonchev–Trinajstić information content (AvgIpc) is 3.04. The van der Waals surface area contributed by atoms with Crippen molar-refractivity contribution in [2.75, 3.05) is 19.5 Å². The van der Waals surface area contributed by atoms with Crippen LogP contribution < -0.4 is 5.32 Å². The van der Waals surface area contributed by atoms with Crippen LogP contribution in [0.25, 0.3) is 0 Å². The van der Waals surface area contributed by atoms with Crippen LogP contribution >= 0.6 is 11.8 Å². The van der Waals surface area contributed by atoms with Gasteiger partial charge in [0.05, 0.1) is 0 Å². The van der Waals surface area contributed by atoms with Crippen molar-refractivity contribution in [3.8, 4) is 5.75 Å². The van der Waals surface area contributed by atoms with Crippen LogP contribution in [0, 0.1) is 0 Å². The molecule has 0 radical (unpaired) electrons. The van der Waals surface area contributed by atoms with Crippen molar-refractivity contribution in [3.63, 3.8) is 0 Å². The van der Waals surface area contributed by atoms with E-state index in [1.54, 1.807) is 6.21 Å². The fourth-order valence-electron chi connectivity index (χ4n) is 7.15. The quantitative estimate of drug-likeness (QED) is 0.152. The molecule has 0 bridgehead atoms. The molecule has 2 saturated carbocycles. The largest absolute Gasteiger partial charge is 0.507 e. The number of ether oxygens (including phenoxy) is 2. The van der Waals surface area contributed by atoms with E-state index in [1.165, 1.54) is 90.0 Å². The van der Waals surface area contributed by atoms with Crippen LogP contribution in [-0.4, -0.2) is 81.8 Å². The zero-order chi connectivity index (χ0) is 36.1. The molecule has 1 aromatic carbocycles. The number of methoxy groups -OCH3 is 1. The number of hydrogen-bond acceptors (Lipinski definition) is 9. The van der Waals surface area contributed by atoms with E-state index in [0.717, 1.165) is 28.1 Å². The Labute approximate surface area is 296 Å². The minimum absolute atomic E-state index is 0.206. The van der Waals surface area contributed by atoms with Crippen molar-refractivity contribution in [3.05, 3.63) is 40.1 Å². The number of β-lactam (4-membered cyclic amide) rings is 1. The topological polar surface area (TPSA) is 138 Å². The highest BCUT2D eigenvalue weighted by Crippen LogP contribution is 2.49. The van der Waals surface area contributed by atoms with Gasteiger partial charge in [-0.25, -0.2) is 9.79 Å². The Hall–Kier alpha value is -2.89. The number of carboxylic acids is 1. The highest BCUT2D eigenvalue weighted by Gasteiger charge is 2.66. The number of aromatic hydroxyl groups is 1. The Bertz CT molecular complexity index is 1380. The number of nitrogens with one attached hydrogen (secondary N) is 1. The van der Waals surface area contributed by atoms with Crippen molar-refractivity contribution in [1.29, 1.82) is 0 Å². The third-order valence-corrected chi connectivity index (χ3v) is 11.2. The number of hydrogen-bond donors (Lipinski definition) is 3. The molecule has 11 heteroatoms. The summed E-state index contributed by atoms with van der Waals surface area (Å²) in [5.41, 5.74) is 0.0522. The minimum Gasteiger partial charge on any atom is -0.507 e. The molecule has 3 fully saturated rings. The normalized spacial score (nSPS) is 23.9. The molecule has 2 aliphatic carbocycles. The molecule has 0 spiro atoms. The second-order valence-electron chi connectivity index (χ2n) is 15.8. The molecule has 1 aromatic rings. The fraction of sp³-hybridized carbons (Fsp3) is 0.684. The van der Waals surface area contributed by atoms with Crippen molar-refractivity contribution in [2.45, 2.75) is 147 Å². The summed E-state index contributed by atoms with van der Waals surface area (Å²) in [5, 5.41) is 23.9. The lowest BCUT2D eigenvalue weighted by Crippen LogP contribution is -2.73. The van der Waals surface area contributed by atoms with E-state index in [2.05, 4.69) is 10.3 Å². The summed E-state index contributed by atoms with van der Waals surface area (Å²) in [7, 11) is 1.36. The van der Waals surface area contributed by atoms with Crippen LogP contribution in [0.4, 0.5) is 0 Å². The number of phenols is 1. The van der Waals surface area contributed by atoms with E-state index in [1.807, 2.05) is 53.7 Å². The first-order valence-electron chi connectivity index (χ1n) is 17.8. The molecule has 3 N–H and O–H groups in total. The number of rotatable bonds is 8. The second kappa shape index (κ2) is 16.0. The van der Waals surface area contributed by atoms with E-state index in [0.29, 0.717) is 11.1 Å². The van der Waals surface area contributed by atoms with Crippen molar-refractivity contribution in [2.24, 2.45) is 4.99 Å². The zero-order valence-corrected chi connectivity index (χ0v) is 31.5. The minimum atomic E-state index is -1.60. The number of aliphatic carboxylic acids is 1. The van der Waals surface area contributed by atoms with Gasteiger partial charge in [0.1, 0.15) is 23.4 Å². The Balaban J connectivity index is 0.000000344. The van der Waals surface area contributed by atoms with Crippen LogP contribution in [0.5, 0.6) is 5.75 Å². The molecule has 4 aliphatic rings. The summed E-state index contributed by atoms with van der Waals surface area (Å²) in [6.45, 7) is 13.1. The summed E-state index contributed by atoms with van der Waals surface area (Å²) in [5.74, 6) is -1.96. The molecule has 1 amide bonds. The summed E-state index contributed by atoms with van der Waals surface area (Å²) >= 11 is 1.30. The highest BCUT2D eigenvalue weighted by atomic mass is 32.2. The van der Waals surface area contributed by atoms with E-state index < -0.39 is 28.9 Å². The number of thioether (sulfide) groups is 1. The summed E-state index contributed by atoms with van der Waals surface area (Å²) in [4.78, 5) is 42.2. The fourth-order valence-corrected chi connectivity index (χ4v) is 8.56. The summed E-state index contributed by atoms with van der Waals surface area (Å²) in [6, 6.07) is 5.42. The first-order valence-corrected chi connectivity index (χ1v) is 18.8. The van der Waals surface area contributed by atoms with Crippen molar-refractivity contribution in [1.82, 2.24) is 10.2 Å². The van der Waals surface area contributed by atoms with Crippen LogP contribution in [0.1, 0.15) is 129 Å². The van der Waals surface area contributed by atoms with Gasteiger partial charge >= 0.3 is 11.9 Å². The van der Waals surface area contributed by atoms with Crippen molar-refractivity contribution >= 4 is 35.8 Å². The summed E-state index contributed by atoms with van der Waals surface area (Å²) in [6.07, 6.45) is 16.1. The van der Waals surface area contributed by atoms with Crippen molar-refractivity contribution < 1.29 is 34.1 Å². The molecule has 272 valence electrons. The molecule has 10 nitrogen and oxygen atoms in total. The molecule has 0 aromatic heterocycles.